The Kier molecular flexibility index (Phi) is 6.43. The predicted molar refractivity (Wildman–Crippen MR) is 197 cm³/mol. The first kappa shape index (κ1) is 26.9. The fourth-order valence-electron chi connectivity index (χ4n) is 7.23. The molecule has 0 aliphatic rings. The van der Waals surface area contributed by atoms with Crippen LogP contribution in [0.4, 0.5) is 0 Å². The molecule has 0 spiro atoms. The second-order valence-electron chi connectivity index (χ2n) is 11.7. The fraction of sp³-hybridized carbons (Fsp3) is 0.0222. The van der Waals surface area contributed by atoms with Gasteiger partial charge in [-0.2, -0.15) is 0 Å². The largest absolute Gasteiger partial charge is 0.0776 e. The van der Waals surface area contributed by atoms with E-state index in [1.165, 1.54) is 87.2 Å². The van der Waals surface area contributed by atoms with Crippen molar-refractivity contribution in [2.45, 2.75) is 7.43 Å². The van der Waals surface area contributed by atoms with Crippen LogP contribution in [0, 0.1) is 0 Å². The van der Waals surface area contributed by atoms with Gasteiger partial charge in [-0.05, 0) is 105 Å². The topological polar surface area (TPSA) is 0 Å². The summed E-state index contributed by atoms with van der Waals surface area (Å²) in [6.45, 7) is 0. The zero-order valence-electron chi connectivity index (χ0n) is 24.2. The van der Waals surface area contributed by atoms with E-state index in [-0.39, 0.29) is 7.43 Å². The first-order valence-electron chi connectivity index (χ1n) is 15.3. The average molecular weight is 573 g/mol. The lowest BCUT2D eigenvalue weighted by Crippen LogP contribution is -1.91. The van der Waals surface area contributed by atoms with Crippen LogP contribution in [0.5, 0.6) is 0 Å². The van der Waals surface area contributed by atoms with Crippen LogP contribution in [0.3, 0.4) is 0 Å². The summed E-state index contributed by atoms with van der Waals surface area (Å²) in [5.41, 5.74) is 7.56. The summed E-state index contributed by atoms with van der Waals surface area (Å²) in [6.07, 6.45) is 0. The highest BCUT2D eigenvalue weighted by atomic mass is 14.2. The Hall–Kier alpha value is -5.72. The highest BCUT2D eigenvalue weighted by Crippen LogP contribution is 2.45. The summed E-state index contributed by atoms with van der Waals surface area (Å²) in [7, 11) is 0. The quantitative estimate of drug-likeness (QED) is 0.146. The summed E-state index contributed by atoms with van der Waals surface area (Å²) in [6, 6.07) is 62.3. The lowest BCUT2D eigenvalue weighted by molar-refractivity contribution is 1.64. The van der Waals surface area contributed by atoms with Crippen molar-refractivity contribution in [3.8, 4) is 33.4 Å². The van der Waals surface area contributed by atoms with Crippen LogP contribution in [0.25, 0.3) is 87.2 Å². The van der Waals surface area contributed by atoms with Crippen LogP contribution in [0.1, 0.15) is 7.43 Å². The SMILES string of the molecule is C.c1cc(-c2c3ccccc3c(-c3ccc4ccccc4c3)c3ccccc23)cc(-c2cc3ccccc3c3ccccc23)c1. The molecule has 0 nitrogen and oxygen atoms in total. The van der Waals surface area contributed by atoms with Gasteiger partial charge in [-0.3, -0.25) is 0 Å². The minimum Gasteiger partial charge on any atom is -0.0776 e. The molecule has 0 saturated heterocycles. The maximum Gasteiger partial charge on any atom is -0.00262 e. The van der Waals surface area contributed by atoms with E-state index in [4.69, 9.17) is 0 Å². The molecule has 0 bridgehead atoms. The van der Waals surface area contributed by atoms with Crippen LogP contribution >= 0.6 is 0 Å². The van der Waals surface area contributed by atoms with Crippen molar-refractivity contribution in [1.29, 1.82) is 0 Å². The smallest absolute Gasteiger partial charge is 0.00262 e. The van der Waals surface area contributed by atoms with Gasteiger partial charge in [0.1, 0.15) is 0 Å². The monoisotopic (exact) mass is 572 g/mol. The minimum atomic E-state index is 0. The van der Waals surface area contributed by atoms with Crippen LogP contribution in [0.15, 0.2) is 170 Å². The molecule has 9 rings (SSSR count). The number of hydrogen-bond donors (Lipinski definition) is 0. The summed E-state index contributed by atoms with van der Waals surface area (Å²) in [4.78, 5) is 0. The van der Waals surface area contributed by atoms with Gasteiger partial charge in [0.25, 0.3) is 0 Å². The molecule has 0 aromatic heterocycles. The van der Waals surface area contributed by atoms with Crippen molar-refractivity contribution in [3.63, 3.8) is 0 Å². The lowest BCUT2D eigenvalue weighted by atomic mass is 9.84. The highest BCUT2D eigenvalue weighted by Gasteiger charge is 2.17. The zero-order valence-corrected chi connectivity index (χ0v) is 24.2. The Balaban J connectivity index is 0.00000300. The van der Waals surface area contributed by atoms with E-state index in [1.807, 2.05) is 0 Å². The van der Waals surface area contributed by atoms with Gasteiger partial charge in [-0.1, -0.05) is 159 Å². The molecular formula is C45H32. The van der Waals surface area contributed by atoms with E-state index in [2.05, 4.69) is 170 Å². The Morgan fingerprint density at radius 3 is 1.36 bits per heavy atom. The third-order valence-electron chi connectivity index (χ3n) is 9.20. The maximum atomic E-state index is 2.39. The molecular weight excluding hydrogens is 540 g/mol. The number of fused-ring (bicyclic) bond motifs is 6. The molecule has 0 unspecified atom stereocenters. The van der Waals surface area contributed by atoms with Crippen LogP contribution in [-0.4, -0.2) is 0 Å². The molecule has 0 aliphatic carbocycles. The van der Waals surface area contributed by atoms with Gasteiger partial charge in [0.15, 0.2) is 0 Å². The first-order valence-corrected chi connectivity index (χ1v) is 15.3. The molecule has 0 aliphatic heterocycles. The van der Waals surface area contributed by atoms with E-state index in [0.29, 0.717) is 0 Å². The summed E-state index contributed by atoms with van der Waals surface area (Å²) in [5.74, 6) is 0. The van der Waals surface area contributed by atoms with Crippen molar-refractivity contribution in [2.24, 2.45) is 0 Å². The fourth-order valence-corrected chi connectivity index (χ4v) is 7.23. The highest BCUT2D eigenvalue weighted by molar-refractivity contribution is 6.22. The molecule has 0 heterocycles. The second-order valence-corrected chi connectivity index (χ2v) is 11.7. The minimum absolute atomic E-state index is 0. The van der Waals surface area contributed by atoms with Crippen molar-refractivity contribution in [3.05, 3.63) is 170 Å². The molecule has 9 aromatic carbocycles. The Labute approximate surface area is 263 Å². The van der Waals surface area contributed by atoms with Crippen molar-refractivity contribution >= 4 is 53.9 Å². The molecule has 0 radical (unpaired) electrons. The molecule has 0 saturated carbocycles. The molecule has 0 heteroatoms. The van der Waals surface area contributed by atoms with Crippen molar-refractivity contribution < 1.29 is 0 Å². The number of hydrogen-bond acceptors (Lipinski definition) is 0. The van der Waals surface area contributed by atoms with Crippen molar-refractivity contribution in [2.75, 3.05) is 0 Å². The Morgan fingerprint density at radius 1 is 0.244 bits per heavy atom. The van der Waals surface area contributed by atoms with Gasteiger partial charge in [-0.25, -0.2) is 0 Å². The van der Waals surface area contributed by atoms with Gasteiger partial charge < -0.3 is 0 Å². The van der Waals surface area contributed by atoms with Gasteiger partial charge in [0.2, 0.25) is 0 Å². The Bertz CT molecular complexity index is 2490. The molecule has 9 aromatic rings. The first-order chi connectivity index (χ1) is 21.8. The van der Waals surface area contributed by atoms with E-state index >= 15 is 0 Å². The van der Waals surface area contributed by atoms with E-state index < -0.39 is 0 Å². The molecule has 0 amide bonds. The van der Waals surface area contributed by atoms with Gasteiger partial charge in [-0.15, -0.1) is 0 Å². The number of rotatable bonds is 3. The molecule has 45 heavy (non-hydrogen) atoms. The molecule has 0 N–H and O–H groups in total. The molecule has 0 atom stereocenters. The van der Waals surface area contributed by atoms with Gasteiger partial charge in [0.05, 0.1) is 0 Å². The zero-order chi connectivity index (χ0) is 29.0. The summed E-state index contributed by atoms with van der Waals surface area (Å²) < 4.78 is 0. The molecule has 0 fully saturated rings. The van der Waals surface area contributed by atoms with Crippen molar-refractivity contribution in [1.82, 2.24) is 0 Å². The van der Waals surface area contributed by atoms with E-state index in [1.54, 1.807) is 0 Å². The summed E-state index contributed by atoms with van der Waals surface area (Å²) in [5, 5.41) is 12.8. The van der Waals surface area contributed by atoms with Crippen LogP contribution < -0.4 is 0 Å². The third kappa shape index (κ3) is 4.30. The number of benzene rings is 9. The average Bonchev–Trinajstić information content (AvgIpc) is 3.10. The van der Waals surface area contributed by atoms with E-state index in [0.717, 1.165) is 0 Å². The van der Waals surface area contributed by atoms with E-state index in [9.17, 15) is 0 Å². The predicted octanol–water partition coefficient (Wildman–Crippen LogP) is 13.1. The van der Waals surface area contributed by atoms with Gasteiger partial charge >= 0.3 is 0 Å². The second kappa shape index (κ2) is 10.8. The molecule has 212 valence electrons. The standard InChI is InChI=1S/C44H28.CH4/c1-2-13-30-26-34(25-24-29(30)12-1)44-40-22-9-7-20-38(40)43(39-21-8-10-23-41(39)44)33-16-11-15-31(27-33)42-28-32-14-3-4-17-35(32)36-18-5-6-19-37(36)42;/h1-28H;1H4. The van der Waals surface area contributed by atoms with Crippen LogP contribution in [-0.2, 0) is 0 Å². The van der Waals surface area contributed by atoms with Crippen LogP contribution in [0.2, 0.25) is 0 Å². The maximum absolute atomic E-state index is 2.39. The normalized spacial score (nSPS) is 11.4. The third-order valence-corrected chi connectivity index (χ3v) is 9.20. The lowest BCUT2D eigenvalue weighted by Gasteiger charge is -2.19. The summed E-state index contributed by atoms with van der Waals surface area (Å²) >= 11 is 0. The van der Waals surface area contributed by atoms with Gasteiger partial charge in [0, 0.05) is 0 Å². The Morgan fingerprint density at radius 2 is 0.711 bits per heavy atom.